The first-order valence-corrected chi connectivity index (χ1v) is 5.47. The Balaban J connectivity index is 3.52. The zero-order valence-electron chi connectivity index (χ0n) is 8.15. The number of ether oxygens (including phenoxy) is 1. The van der Waals surface area contributed by atoms with Crippen LogP contribution in [0.25, 0.3) is 0 Å². The van der Waals surface area contributed by atoms with E-state index in [-0.39, 0.29) is 11.4 Å². The summed E-state index contributed by atoms with van der Waals surface area (Å²) in [5.41, 5.74) is 4.23. The van der Waals surface area contributed by atoms with Crippen molar-refractivity contribution in [3.8, 4) is 5.75 Å². The van der Waals surface area contributed by atoms with Crippen LogP contribution in [-0.2, 0) is 10.0 Å². The van der Waals surface area contributed by atoms with Gasteiger partial charge in [-0.25, -0.2) is 27.3 Å². The van der Waals surface area contributed by atoms with Crippen molar-refractivity contribution in [1.29, 1.82) is 0 Å². The maximum Gasteiger partial charge on any atom is 0.284 e. The Morgan fingerprint density at radius 3 is 2.44 bits per heavy atom. The Hall–Kier alpha value is -1.48. The molecule has 4 N–H and O–H groups in total. The zero-order valence-corrected chi connectivity index (χ0v) is 8.96. The molecule has 16 heavy (non-hydrogen) atoms. The molecule has 0 unspecified atom stereocenters. The minimum absolute atomic E-state index is 0.267. The summed E-state index contributed by atoms with van der Waals surface area (Å²) in [7, 11) is -3.07. The molecule has 0 aliphatic heterocycles. The molecule has 0 saturated heterocycles. The van der Waals surface area contributed by atoms with Gasteiger partial charge >= 0.3 is 0 Å². The average molecular weight is 253 g/mol. The number of alkyl halides is 2. The van der Waals surface area contributed by atoms with Crippen LogP contribution in [0.2, 0.25) is 0 Å². The molecule has 0 spiro atoms. The number of pyridine rings is 1. The normalized spacial score (nSPS) is 11.8. The van der Waals surface area contributed by atoms with Gasteiger partial charge in [-0.1, -0.05) is 0 Å². The molecule has 0 bridgehead atoms. The number of hydrogen-bond donors (Lipinski definition) is 2. The van der Waals surface area contributed by atoms with E-state index < -0.39 is 27.2 Å². The topological polar surface area (TPSA) is 108 Å². The molecule has 0 saturated carbocycles. The summed E-state index contributed by atoms with van der Waals surface area (Å²) >= 11 is 0. The molecule has 0 amide bonds. The third-order valence-electron chi connectivity index (χ3n) is 1.71. The summed E-state index contributed by atoms with van der Waals surface area (Å²) in [4.78, 5) is 3.21. The van der Waals surface area contributed by atoms with E-state index in [1.807, 2.05) is 0 Å². The zero-order chi connectivity index (χ0) is 12.5. The molecule has 1 heterocycles. The number of halogens is 2. The predicted molar refractivity (Wildman–Crippen MR) is 51.5 cm³/mol. The summed E-state index contributed by atoms with van der Waals surface area (Å²) in [6.45, 7) is 0. The first-order chi connectivity index (χ1) is 7.27. The lowest BCUT2D eigenvalue weighted by molar-refractivity contribution is 0.140. The van der Waals surface area contributed by atoms with Crippen LogP contribution in [0.5, 0.6) is 5.75 Å². The fourth-order valence-corrected chi connectivity index (χ4v) is 1.58. The number of methoxy groups -OCH3 is 1. The predicted octanol–water partition coefficient (Wildman–Crippen LogP) is 0.257. The molecule has 1 aromatic rings. The SMILES string of the molecule is COc1c(N)cc(S(N)(=O)=O)nc1C(F)F. The number of nitrogens with two attached hydrogens (primary N) is 2. The smallest absolute Gasteiger partial charge is 0.284 e. The molecule has 90 valence electrons. The number of nitrogens with zero attached hydrogens (tertiary/aromatic N) is 1. The molecular formula is C7H9F2N3O3S. The maximum absolute atomic E-state index is 12.5. The van der Waals surface area contributed by atoms with Crippen molar-refractivity contribution in [3.63, 3.8) is 0 Å². The van der Waals surface area contributed by atoms with E-state index in [9.17, 15) is 17.2 Å². The number of primary sulfonamides is 1. The van der Waals surface area contributed by atoms with Gasteiger partial charge in [-0.2, -0.15) is 0 Å². The van der Waals surface area contributed by atoms with Gasteiger partial charge in [-0.05, 0) is 0 Å². The molecule has 0 aliphatic rings. The van der Waals surface area contributed by atoms with Gasteiger partial charge in [-0.3, -0.25) is 0 Å². The van der Waals surface area contributed by atoms with Crippen molar-refractivity contribution >= 4 is 15.7 Å². The van der Waals surface area contributed by atoms with Crippen LogP contribution < -0.4 is 15.6 Å². The molecule has 1 rings (SSSR count). The molecule has 0 radical (unpaired) electrons. The first-order valence-electron chi connectivity index (χ1n) is 3.92. The molecular weight excluding hydrogens is 244 g/mol. The lowest BCUT2D eigenvalue weighted by atomic mass is 10.3. The first kappa shape index (κ1) is 12.6. The van der Waals surface area contributed by atoms with Gasteiger partial charge in [0.05, 0.1) is 12.8 Å². The summed E-state index contributed by atoms with van der Waals surface area (Å²) < 4.78 is 51.5. The highest BCUT2D eigenvalue weighted by molar-refractivity contribution is 7.89. The molecule has 0 aromatic carbocycles. The van der Waals surface area contributed by atoms with Gasteiger partial charge in [0.1, 0.15) is 0 Å². The quantitative estimate of drug-likeness (QED) is 0.803. The Morgan fingerprint density at radius 1 is 1.50 bits per heavy atom. The maximum atomic E-state index is 12.5. The fourth-order valence-electron chi connectivity index (χ4n) is 1.06. The Labute approximate surface area is 90.3 Å². The number of aromatic nitrogens is 1. The van der Waals surface area contributed by atoms with E-state index in [0.29, 0.717) is 0 Å². The average Bonchev–Trinajstić information content (AvgIpc) is 2.14. The van der Waals surface area contributed by atoms with Gasteiger partial charge in [0.25, 0.3) is 16.4 Å². The molecule has 6 nitrogen and oxygen atoms in total. The Morgan fingerprint density at radius 2 is 2.06 bits per heavy atom. The van der Waals surface area contributed by atoms with Gasteiger partial charge in [0, 0.05) is 6.07 Å². The number of nitrogen functional groups attached to an aromatic ring is 1. The second-order valence-electron chi connectivity index (χ2n) is 2.81. The summed E-state index contributed by atoms with van der Waals surface area (Å²) in [5, 5.41) is 4.03. The highest BCUT2D eigenvalue weighted by atomic mass is 32.2. The highest BCUT2D eigenvalue weighted by Gasteiger charge is 2.23. The van der Waals surface area contributed by atoms with Crippen LogP contribution >= 0.6 is 0 Å². The van der Waals surface area contributed by atoms with E-state index in [1.54, 1.807) is 0 Å². The summed E-state index contributed by atoms with van der Waals surface area (Å²) in [6, 6.07) is 0.861. The van der Waals surface area contributed by atoms with Crippen LogP contribution in [0.3, 0.4) is 0 Å². The van der Waals surface area contributed by atoms with Crippen molar-refractivity contribution in [2.24, 2.45) is 5.14 Å². The molecule has 1 aromatic heterocycles. The van der Waals surface area contributed by atoms with Gasteiger partial charge < -0.3 is 10.5 Å². The van der Waals surface area contributed by atoms with Crippen LogP contribution in [0, 0.1) is 0 Å². The van der Waals surface area contributed by atoms with E-state index in [2.05, 4.69) is 9.72 Å². The lowest BCUT2D eigenvalue weighted by Crippen LogP contribution is -2.16. The van der Waals surface area contributed by atoms with Gasteiger partial charge in [-0.15, -0.1) is 0 Å². The number of anilines is 1. The van der Waals surface area contributed by atoms with Crippen LogP contribution in [0.15, 0.2) is 11.1 Å². The minimum Gasteiger partial charge on any atom is -0.492 e. The Bertz CT molecular complexity index is 504. The lowest BCUT2D eigenvalue weighted by Gasteiger charge is -2.10. The fraction of sp³-hybridized carbons (Fsp3) is 0.286. The number of rotatable bonds is 3. The highest BCUT2D eigenvalue weighted by Crippen LogP contribution is 2.33. The van der Waals surface area contributed by atoms with E-state index in [0.717, 1.165) is 13.2 Å². The second-order valence-corrected chi connectivity index (χ2v) is 4.32. The Kier molecular flexibility index (Phi) is 3.29. The molecule has 0 aliphatic carbocycles. The number of sulfonamides is 1. The van der Waals surface area contributed by atoms with Crippen LogP contribution in [0.4, 0.5) is 14.5 Å². The second kappa shape index (κ2) is 4.18. The standard InChI is InChI=1S/C7H9F2N3O3S/c1-15-6-3(10)2-4(16(11,13)14)12-5(6)7(8)9/h2,7H,1H3,(H2,10,12)(H2,11,13,14). The van der Waals surface area contributed by atoms with Gasteiger partial charge in [0.2, 0.25) is 0 Å². The van der Waals surface area contributed by atoms with Crippen LogP contribution in [-0.4, -0.2) is 20.5 Å². The van der Waals surface area contributed by atoms with E-state index in [4.69, 9.17) is 10.9 Å². The minimum atomic E-state index is -4.19. The molecule has 0 atom stereocenters. The molecule has 0 fully saturated rings. The van der Waals surface area contributed by atoms with E-state index in [1.165, 1.54) is 0 Å². The van der Waals surface area contributed by atoms with Crippen molar-refractivity contribution in [2.45, 2.75) is 11.5 Å². The van der Waals surface area contributed by atoms with Crippen LogP contribution in [0.1, 0.15) is 12.1 Å². The van der Waals surface area contributed by atoms with Gasteiger partial charge in [0.15, 0.2) is 16.5 Å². The van der Waals surface area contributed by atoms with Crippen molar-refractivity contribution in [3.05, 3.63) is 11.8 Å². The number of hydrogen-bond acceptors (Lipinski definition) is 5. The van der Waals surface area contributed by atoms with Crippen molar-refractivity contribution in [2.75, 3.05) is 12.8 Å². The largest absolute Gasteiger partial charge is 0.492 e. The molecule has 9 heteroatoms. The monoisotopic (exact) mass is 253 g/mol. The summed E-state index contributed by atoms with van der Waals surface area (Å²) in [5.74, 6) is -0.359. The summed E-state index contributed by atoms with van der Waals surface area (Å²) in [6.07, 6.45) is -3.01. The third kappa shape index (κ3) is 2.36. The van der Waals surface area contributed by atoms with Crippen molar-refractivity contribution in [1.82, 2.24) is 4.98 Å². The third-order valence-corrected chi connectivity index (χ3v) is 2.50. The van der Waals surface area contributed by atoms with E-state index >= 15 is 0 Å². The van der Waals surface area contributed by atoms with Crippen molar-refractivity contribution < 1.29 is 21.9 Å².